The van der Waals surface area contributed by atoms with Crippen molar-refractivity contribution >= 4 is 40.5 Å². The molecule has 5 heteroatoms. The second kappa shape index (κ2) is 5.61. The lowest BCUT2D eigenvalue weighted by molar-refractivity contribution is 0.425. The Kier molecular flexibility index (Phi) is 4.58. The molecule has 0 saturated heterocycles. The van der Waals surface area contributed by atoms with Gasteiger partial charge in [-0.1, -0.05) is 69.8 Å². The average Bonchev–Trinajstić information content (AvgIpc) is 2.47. The van der Waals surface area contributed by atoms with Crippen LogP contribution in [0.1, 0.15) is 47.1 Å². The van der Waals surface area contributed by atoms with Crippen LogP contribution in [0.3, 0.4) is 0 Å². The summed E-state index contributed by atoms with van der Waals surface area (Å²) < 4.78 is 4.53. The summed E-state index contributed by atoms with van der Waals surface area (Å²) >= 11 is 14.0. The van der Waals surface area contributed by atoms with Crippen LogP contribution < -0.4 is 9.13 Å². The van der Waals surface area contributed by atoms with Gasteiger partial charge in [-0.2, -0.15) is 0 Å². The molecule has 2 nitrogen and oxygen atoms in total. The van der Waals surface area contributed by atoms with Gasteiger partial charge in [0.25, 0.3) is 0 Å². The Bertz CT molecular complexity index is 559. The fourth-order valence-corrected chi connectivity index (χ4v) is 7.20. The van der Waals surface area contributed by atoms with Gasteiger partial charge >= 0.3 is 7.02 Å². The van der Waals surface area contributed by atoms with E-state index in [2.05, 4.69) is 75.8 Å². The minimum absolute atomic E-state index is 0.140. The van der Waals surface area contributed by atoms with E-state index in [4.69, 9.17) is 22.2 Å². The number of benzene rings is 1. The molecule has 1 aromatic carbocycles. The Morgan fingerprint density at radius 1 is 0.864 bits per heavy atom. The van der Waals surface area contributed by atoms with Gasteiger partial charge in [-0.25, -0.2) is 0 Å². The predicted octanol–water partition coefficient (Wildman–Crippen LogP) is 5.63. The number of hydrogen-bond acceptors (Lipinski definition) is 2. The third kappa shape index (κ3) is 3.74. The molecule has 0 aromatic heterocycles. The van der Waals surface area contributed by atoms with Crippen molar-refractivity contribution in [2.75, 3.05) is 22.2 Å². The average molecular weight is 359 g/mol. The van der Waals surface area contributed by atoms with Gasteiger partial charge in [0.05, 0.1) is 11.4 Å². The van der Waals surface area contributed by atoms with Crippen LogP contribution in [0, 0.1) is 17.8 Å². The normalized spacial score (nSPS) is 17.9. The minimum atomic E-state index is -2.74. The van der Waals surface area contributed by atoms with Crippen LogP contribution in [-0.4, -0.2) is 20.1 Å². The van der Waals surface area contributed by atoms with Gasteiger partial charge in [-0.05, 0) is 35.4 Å². The lowest BCUT2D eigenvalue weighted by Crippen LogP contribution is -2.58. The molecule has 0 bridgehead atoms. The predicted molar refractivity (Wildman–Crippen MR) is 102 cm³/mol. The van der Waals surface area contributed by atoms with Gasteiger partial charge in [-0.3, -0.25) is 0 Å². The SMILES string of the molecule is Cc1ccc2c(c1)N(CC(C)(C)C)[Si](Cl)(Cl)N2CC(C)(C)C. The van der Waals surface area contributed by atoms with Gasteiger partial charge in [0, 0.05) is 13.1 Å². The zero-order valence-corrected chi connectivity index (χ0v) is 17.3. The van der Waals surface area contributed by atoms with Crippen LogP contribution in [0.5, 0.6) is 0 Å². The molecule has 1 aromatic rings. The summed E-state index contributed by atoms with van der Waals surface area (Å²) in [6.07, 6.45) is 0. The third-order valence-electron chi connectivity index (χ3n) is 3.63. The van der Waals surface area contributed by atoms with Gasteiger partial charge < -0.3 is 9.13 Å². The number of aryl methyl sites for hydroxylation is 1. The highest BCUT2D eigenvalue weighted by atomic mass is 35.7. The van der Waals surface area contributed by atoms with Gasteiger partial charge in [0.2, 0.25) is 0 Å². The largest absolute Gasteiger partial charge is 0.470 e. The second-order valence-corrected chi connectivity index (χ2v) is 14.6. The number of hydrogen-bond donors (Lipinski definition) is 0. The monoisotopic (exact) mass is 358 g/mol. The van der Waals surface area contributed by atoms with Crippen molar-refractivity contribution in [2.24, 2.45) is 10.8 Å². The van der Waals surface area contributed by atoms with E-state index in [-0.39, 0.29) is 10.8 Å². The lowest BCUT2D eigenvalue weighted by Gasteiger charge is -2.38. The highest BCUT2D eigenvalue weighted by Crippen LogP contribution is 2.48. The highest BCUT2D eigenvalue weighted by Gasteiger charge is 2.53. The standard InChI is InChI=1S/C17H28Cl2N2Si/c1-13-8-9-14-15(10-13)21(12-17(5,6)7)22(18,19)20(14)11-16(2,3)4/h8-10H,11-12H2,1-7H3. The van der Waals surface area contributed by atoms with Crippen LogP contribution in [-0.2, 0) is 0 Å². The van der Waals surface area contributed by atoms with Crippen molar-refractivity contribution in [1.29, 1.82) is 0 Å². The fraction of sp³-hybridized carbons (Fsp3) is 0.647. The molecule has 1 aliphatic rings. The fourth-order valence-electron chi connectivity index (χ4n) is 2.82. The molecule has 1 heterocycles. The molecule has 0 fully saturated rings. The lowest BCUT2D eigenvalue weighted by atomic mass is 9.96. The highest BCUT2D eigenvalue weighted by molar-refractivity contribution is 7.48. The Labute approximate surface area is 146 Å². The first-order valence-corrected chi connectivity index (χ1v) is 11.8. The van der Waals surface area contributed by atoms with Crippen molar-refractivity contribution in [3.63, 3.8) is 0 Å². The first-order chi connectivity index (χ1) is 9.81. The molecule has 0 N–H and O–H groups in total. The van der Waals surface area contributed by atoms with E-state index in [9.17, 15) is 0 Å². The summed E-state index contributed by atoms with van der Waals surface area (Å²) in [5, 5.41) is 0. The quantitative estimate of drug-likeness (QED) is 0.499. The zero-order chi connectivity index (χ0) is 16.9. The molecule has 22 heavy (non-hydrogen) atoms. The van der Waals surface area contributed by atoms with Crippen molar-refractivity contribution in [3.05, 3.63) is 23.8 Å². The Morgan fingerprint density at radius 3 is 1.77 bits per heavy atom. The van der Waals surface area contributed by atoms with Crippen LogP contribution in [0.15, 0.2) is 18.2 Å². The first-order valence-electron chi connectivity index (χ1n) is 7.85. The van der Waals surface area contributed by atoms with Crippen molar-refractivity contribution in [2.45, 2.75) is 48.5 Å². The maximum absolute atomic E-state index is 6.99. The van der Waals surface area contributed by atoms with E-state index < -0.39 is 7.02 Å². The maximum Gasteiger partial charge on any atom is 0.470 e. The number of rotatable bonds is 2. The molecular formula is C17H28Cl2N2Si. The molecule has 1 aliphatic heterocycles. The van der Waals surface area contributed by atoms with Gasteiger partial charge in [-0.15, -0.1) is 0 Å². The number of nitrogens with zero attached hydrogens (tertiary/aromatic N) is 2. The van der Waals surface area contributed by atoms with E-state index in [0.29, 0.717) is 0 Å². The zero-order valence-electron chi connectivity index (χ0n) is 14.8. The molecule has 124 valence electrons. The van der Waals surface area contributed by atoms with Crippen molar-refractivity contribution in [1.82, 2.24) is 0 Å². The molecular weight excluding hydrogens is 331 g/mol. The summed E-state index contributed by atoms with van der Waals surface area (Å²) in [6, 6.07) is 6.54. The number of halogens is 2. The van der Waals surface area contributed by atoms with E-state index in [0.717, 1.165) is 13.1 Å². The van der Waals surface area contributed by atoms with Crippen LogP contribution >= 0.6 is 22.2 Å². The van der Waals surface area contributed by atoms with E-state index in [1.165, 1.54) is 16.9 Å². The third-order valence-corrected chi connectivity index (χ3v) is 8.17. The topological polar surface area (TPSA) is 6.48 Å². The van der Waals surface area contributed by atoms with E-state index in [1.54, 1.807) is 0 Å². The van der Waals surface area contributed by atoms with Crippen LogP contribution in [0.25, 0.3) is 0 Å². The number of anilines is 2. The van der Waals surface area contributed by atoms with Crippen molar-refractivity contribution in [3.8, 4) is 0 Å². The smallest absolute Gasteiger partial charge is 0.355 e. The summed E-state index contributed by atoms with van der Waals surface area (Å²) in [5.41, 5.74) is 3.90. The summed E-state index contributed by atoms with van der Waals surface area (Å²) in [7, 11) is -2.74. The summed E-state index contributed by atoms with van der Waals surface area (Å²) in [4.78, 5) is 0. The van der Waals surface area contributed by atoms with E-state index >= 15 is 0 Å². The molecule has 0 atom stereocenters. The Balaban J connectivity index is 2.51. The Morgan fingerprint density at radius 2 is 1.32 bits per heavy atom. The molecule has 0 amide bonds. The minimum Gasteiger partial charge on any atom is -0.355 e. The van der Waals surface area contributed by atoms with Crippen LogP contribution in [0.2, 0.25) is 0 Å². The summed E-state index contributed by atoms with van der Waals surface area (Å²) in [6.45, 7) is 17.2. The molecule has 0 radical (unpaired) electrons. The molecule has 0 spiro atoms. The van der Waals surface area contributed by atoms with E-state index in [1.807, 2.05) is 0 Å². The molecule has 2 rings (SSSR count). The van der Waals surface area contributed by atoms with Gasteiger partial charge in [0.1, 0.15) is 0 Å². The van der Waals surface area contributed by atoms with Crippen molar-refractivity contribution < 1.29 is 0 Å². The molecule has 0 unspecified atom stereocenters. The molecule has 0 aliphatic carbocycles. The second-order valence-electron chi connectivity index (χ2n) is 8.80. The summed E-state index contributed by atoms with van der Waals surface area (Å²) in [5.74, 6) is 0. The number of fused-ring (bicyclic) bond motifs is 1. The Hall–Kier alpha value is -0.383. The maximum atomic E-state index is 6.99. The van der Waals surface area contributed by atoms with Crippen LogP contribution in [0.4, 0.5) is 11.4 Å². The first kappa shape index (κ1) is 18.0. The van der Waals surface area contributed by atoms with Gasteiger partial charge in [0.15, 0.2) is 0 Å². The molecule has 0 saturated carbocycles.